The highest BCUT2D eigenvalue weighted by Crippen LogP contribution is 2.48. The van der Waals surface area contributed by atoms with Gasteiger partial charge in [0.05, 0.1) is 6.10 Å². The van der Waals surface area contributed by atoms with Crippen molar-refractivity contribution in [3.63, 3.8) is 0 Å². The molecular weight excluding hydrogens is 541 g/mol. The van der Waals surface area contributed by atoms with E-state index in [2.05, 4.69) is 55.5 Å². The van der Waals surface area contributed by atoms with E-state index in [9.17, 15) is 0 Å². The minimum absolute atomic E-state index is 0.179. The summed E-state index contributed by atoms with van der Waals surface area (Å²) in [6.45, 7) is 7.02. The van der Waals surface area contributed by atoms with E-state index < -0.39 is 0 Å². The van der Waals surface area contributed by atoms with Gasteiger partial charge in [0.2, 0.25) is 0 Å². The van der Waals surface area contributed by atoms with Crippen LogP contribution in [0.1, 0.15) is 156 Å². The first-order valence-corrected chi connectivity index (χ1v) is 16.6. The number of nitrogens with two attached hydrogens (primary N) is 1. The molecule has 0 heterocycles. The Morgan fingerprint density at radius 1 is 0.800 bits per heavy atom. The molecule has 206 valence electrons. The van der Waals surface area contributed by atoms with E-state index >= 15 is 0 Å². The van der Waals surface area contributed by atoms with Gasteiger partial charge >= 0.3 is 0 Å². The number of rotatable bonds is 23. The summed E-state index contributed by atoms with van der Waals surface area (Å²) in [6, 6.07) is 0. The molecule has 2 nitrogen and oxygen atoms in total. The molecule has 0 saturated heterocycles. The van der Waals surface area contributed by atoms with Crippen molar-refractivity contribution in [1.82, 2.24) is 0 Å². The third kappa shape index (κ3) is 13.4. The molecule has 1 aliphatic carbocycles. The summed E-state index contributed by atoms with van der Waals surface area (Å²) in [7, 11) is 1.84. The van der Waals surface area contributed by atoms with Crippen LogP contribution in [0.3, 0.4) is 0 Å². The van der Waals surface area contributed by atoms with E-state index in [1.54, 1.807) is 0 Å². The van der Waals surface area contributed by atoms with Gasteiger partial charge in [-0.2, -0.15) is 0 Å². The second-order valence-electron chi connectivity index (χ2n) is 11.2. The van der Waals surface area contributed by atoms with E-state index in [0.29, 0.717) is 3.92 Å². The fraction of sp³-hybridized carbons (Fsp3) is 0.875. The van der Waals surface area contributed by atoms with Crippen molar-refractivity contribution < 1.29 is 4.74 Å². The van der Waals surface area contributed by atoms with Crippen LogP contribution in [0, 0.1) is 5.41 Å². The van der Waals surface area contributed by atoms with Crippen LogP contribution in [-0.2, 0) is 4.74 Å². The molecule has 0 saturated carbocycles. The molecule has 0 aromatic rings. The molecule has 2 N–H and O–H groups in total. The summed E-state index contributed by atoms with van der Waals surface area (Å²) in [5.41, 5.74) is 9.27. The summed E-state index contributed by atoms with van der Waals surface area (Å²) in [5, 5.41) is 0. The van der Waals surface area contributed by atoms with Crippen LogP contribution >= 0.6 is 22.6 Å². The molecule has 1 aliphatic rings. The largest absolute Gasteiger partial charge is 0.399 e. The minimum Gasteiger partial charge on any atom is -0.399 e. The number of allylic oxidation sites excluding steroid dienone is 1. The predicted octanol–water partition coefficient (Wildman–Crippen LogP) is 10.8. The molecule has 0 aromatic heterocycles. The van der Waals surface area contributed by atoms with Crippen LogP contribution in [0.5, 0.6) is 0 Å². The summed E-state index contributed by atoms with van der Waals surface area (Å²) < 4.78 is 6.33. The van der Waals surface area contributed by atoms with Gasteiger partial charge in [0.1, 0.15) is 0 Å². The number of ether oxygens (including phenoxy) is 1. The smallest absolute Gasteiger partial charge is 0.0793 e. The Balaban J connectivity index is 2.65. The molecule has 0 fully saturated rings. The maximum absolute atomic E-state index is 6.67. The minimum atomic E-state index is 0.179. The zero-order valence-electron chi connectivity index (χ0n) is 24.0. The molecule has 0 aliphatic heterocycles. The van der Waals surface area contributed by atoms with Crippen LogP contribution in [0.4, 0.5) is 0 Å². The summed E-state index contributed by atoms with van der Waals surface area (Å²) in [6.07, 6.45) is 33.2. The molecular formula is C32H60INO. The van der Waals surface area contributed by atoms with Gasteiger partial charge in [-0.1, -0.05) is 165 Å². The number of hydrogen-bond acceptors (Lipinski definition) is 2. The second kappa shape index (κ2) is 21.0. The summed E-state index contributed by atoms with van der Waals surface area (Å²) in [5.74, 6) is 0. The zero-order chi connectivity index (χ0) is 25.8. The van der Waals surface area contributed by atoms with Gasteiger partial charge in [-0.25, -0.2) is 0 Å². The van der Waals surface area contributed by atoms with Crippen LogP contribution in [0.25, 0.3) is 0 Å². The Morgan fingerprint density at radius 3 is 1.57 bits per heavy atom. The van der Waals surface area contributed by atoms with Gasteiger partial charge < -0.3 is 10.5 Å². The molecule has 3 heteroatoms. The Labute approximate surface area is 233 Å². The Kier molecular flexibility index (Phi) is 19.8. The molecule has 0 radical (unpaired) electrons. The van der Waals surface area contributed by atoms with Crippen molar-refractivity contribution in [2.24, 2.45) is 11.1 Å². The van der Waals surface area contributed by atoms with Crippen LogP contribution in [-0.4, -0.2) is 17.1 Å². The topological polar surface area (TPSA) is 35.2 Å². The fourth-order valence-electron chi connectivity index (χ4n) is 5.83. The van der Waals surface area contributed by atoms with Gasteiger partial charge in [0.25, 0.3) is 0 Å². The van der Waals surface area contributed by atoms with E-state index in [4.69, 9.17) is 10.5 Å². The Hall–Kier alpha value is -0.0300. The van der Waals surface area contributed by atoms with Crippen molar-refractivity contribution in [3.8, 4) is 0 Å². The highest BCUT2D eigenvalue weighted by Gasteiger charge is 2.39. The molecule has 0 aromatic carbocycles. The van der Waals surface area contributed by atoms with Crippen LogP contribution in [0.2, 0.25) is 0 Å². The van der Waals surface area contributed by atoms with E-state index in [0.717, 1.165) is 12.1 Å². The lowest BCUT2D eigenvalue weighted by atomic mass is 9.67. The first-order valence-electron chi connectivity index (χ1n) is 15.4. The van der Waals surface area contributed by atoms with Crippen molar-refractivity contribution in [1.29, 1.82) is 0 Å². The third-order valence-corrected chi connectivity index (χ3v) is 9.48. The summed E-state index contributed by atoms with van der Waals surface area (Å²) in [4.78, 5) is 0. The van der Waals surface area contributed by atoms with Crippen LogP contribution < -0.4 is 5.73 Å². The van der Waals surface area contributed by atoms with Gasteiger partial charge in [-0.05, 0) is 30.9 Å². The second-order valence-corrected chi connectivity index (χ2v) is 13.0. The molecule has 0 spiro atoms. The Morgan fingerprint density at radius 2 is 1.20 bits per heavy atom. The first-order chi connectivity index (χ1) is 17.0. The Bertz CT molecular complexity index is 570. The number of methoxy groups -OCH3 is 1. The average Bonchev–Trinajstić information content (AvgIpc) is 2.85. The van der Waals surface area contributed by atoms with E-state index in [1.807, 2.05) is 7.11 Å². The lowest BCUT2D eigenvalue weighted by Crippen LogP contribution is -2.36. The van der Waals surface area contributed by atoms with Gasteiger partial charge in [-0.15, -0.1) is 0 Å². The van der Waals surface area contributed by atoms with E-state index in [1.165, 1.54) is 134 Å². The van der Waals surface area contributed by atoms with Crippen molar-refractivity contribution in [3.05, 3.63) is 23.4 Å². The summed E-state index contributed by atoms with van der Waals surface area (Å²) >= 11 is 2.70. The molecule has 0 bridgehead atoms. The van der Waals surface area contributed by atoms with Crippen molar-refractivity contribution in [2.45, 2.75) is 166 Å². The average molecular weight is 602 g/mol. The first kappa shape index (κ1) is 33.0. The van der Waals surface area contributed by atoms with Gasteiger partial charge in [0.15, 0.2) is 0 Å². The van der Waals surface area contributed by atoms with Crippen molar-refractivity contribution >= 4 is 22.6 Å². The monoisotopic (exact) mass is 601 g/mol. The maximum Gasteiger partial charge on any atom is 0.0793 e. The zero-order valence-corrected chi connectivity index (χ0v) is 26.2. The van der Waals surface area contributed by atoms with Crippen LogP contribution in [0.15, 0.2) is 23.4 Å². The number of unbranched alkanes of at least 4 members (excludes halogenated alkanes) is 16. The quantitative estimate of drug-likeness (QED) is 0.0718. The van der Waals surface area contributed by atoms with E-state index in [-0.39, 0.29) is 11.5 Å². The highest BCUT2D eigenvalue weighted by atomic mass is 127. The SMILES string of the molecule is CCCCCCCCCCCCC(CCCCCCCCCC)(C1=CC(OC)CC=C1N)C(C)I. The molecule has 3 atom stereocenters. The molecule has 3 unspecified atom stereocenters. The number of alkyl halides is 1. The molecule has 0 amide bonds. The van der Waals surface area contributed by atoms with Crippen molar-refractivity contribution in [2.75, 3.05) is 7.11 Å². The highest BCUT2D eigenvalue weighted by molar-refractivity contribution is 14.1. The molecule has 1 rings (SSSR count). The lowest BCUT2D eigenvalue weighted by Gasteiger charge is -2.42. The number of hydrogen-bond donors (Lipinski definition) is 1. The maximum atomic E-state index is 6.67. The normalized spacial score (nSPS) is 18.7. The van der Waals surface area contributed by atoms with Gasteiger partial charge in [0, 0.05) is 22.1 Å². The van der Waals surface area contributed by atoms with Gasteiger partial charge in [-0.3, -0.25) is 0 Å². The lowest BCUT2D eigenvalue weighted by molar-refractivity contribution is 0.138. The predicted molar refractivity (Wildman–Crippen MR) is 165 cm³/mol. The number of halogens is 1. The third-order valence-electron chi connectivity index (χ3n) is 8.29. The molecule has 35 heavy (non-hydrogen) atoms. The fourth-order valence-corrected chi connectivity index (χ4v) is 6.79. The standard InChI is InChI=1S/C32H60INO/c1-5-7-9-11-13-15-16-18-20-22-26-32(28(3)33,25-21-19-17-14-12-10-8-6-2)30-27-29(35-4)23-24-31(30)34/h24,27-29H,5-23,25-26,34H2,1-4H3.